The van der Waals surface area contributed by atoms with Crippen LogP contribution in [0, 0.1) is 0 Å². The minimum absolute atomic E-state index is 0.293. The van der Waals surface area contributed by atoms with Gasteiger partial charge in [0.05, 0.1) is 0 Å². The van der Waals surface area contributed by atoms with Crippen LogP contribution in [0.2, 0.25) is 0 Å². The second-order valence-electron chi connectivity index (χ2n) is 3.72. The first-order valence-corrected chi connectivity index (χ1v) is 6.66. The van der Waals surface area contributed by atoms with E-state index in [4.69, 9.17) is 14.0 Å². The highest BCUT2D eigenvalue weighted by Gasteiger charge is 2.12. The van der Waals surface area contributed by atoms with E-state index in [1.54, 1.807) is 11.8 Å². The van der Waals surface area contributed by atoms with E-state index in [9.17, 15) is 0 Å². The van der Waals surface area contributed by atoms with E-state index in [0.29, 0.717) is 6.79 Å². The molecule has 0 spiro atoms. The van der Waals surface area contributed by atoms with Crippen molar-refractivity contribution in [2.24, 2.45) is 0 Å². The molecule has 1 aliphatic rings. The summed E-state index contributed by atoms with van der Waals surface area (Å²) in [6.07, 6.45) is 5.79. The number of ether oxygens (including phenoxy) is 2. The predicted molar refractivity (Wildman–Crippen MR) is 69.8 cm³/mol. The summed E-state index contributed by atoms with van der Waals surface area (Å²) in [6, 6.07) is 7.70. The lowest BCUT2D eigenvalue weighted by atomic mass is 10.2. The van der Waals surface area contributed by atoms with Crippen LogP contribution < -0.4 is 9.47 Å². The van der Waals surface area contributed by atoms with Crippen LogP contribution >= 0.6 is 11.8 Å². The van der Waals surface area contributed by atoms with Gasteiger partial charge in [-0.3, -0.25) is 0 Å². The zero-order valence-electron chi connectivity index (χ0n) is 9.75. The van der Waals surface area contributed by atoms with E-state index in [0.717, 1.165) is 27.8 Å². The molecule has 5 heteroatoms. The average Bonchev–Trinajstić information content (AvgIpc) is 3.04. The summed E-state index contributed by atoms with van der Waals surface area (Å²) in [6.45, 7) is 0.293. The first-order chi connectivity index (χ1) is 8.85. The maximum Gasteiger partial charge on any atom is 0.231 e. The molecule has 0 fully saturated rings. The minimum Gasteiger partial charge on any atom is -0.454 e. The number of fused-ring (bicyclic) bond motifs is 1. The number of benzene rings is 1. The van der Waals surface area contributed by atoms with E-state index < -0.39 is 0 Å². The molecule has 0 saturated heterocycles. The summed E-state index contributed by atoms with van der Waals surface area (Å²) in [5.74, 6) is 2.30. The summed E-state index contributed by atoms with van der Waals surface area (Å²) in [7, 11) is 0. The van der Waals surface area contributed by atoms with Crippen LogP contribution in [0.15, 0.2) is 33.8 Å². The highest BCUT2D eigenvalue weighted by molar-refractivity contribution is 7.98. The quantitative estimate of drug-likeness (QED) is 0.793. The van der Waals surface area contributed by atoms with Gasteiger partial charge in [-0.2, -0.15) is 0 Å². The maximum absolute atomic E-state index is 5.32. The number of aromatic nitrogens is 1. The molecule has 18 heavy (non-hydrogen) atoms. The molecule has 1 aromatic carbocycles. The molecule has 0 N–H and O–H groups in total. The molecule has 0 bridgehead atoms. The molecule has 0 saturated carbocycles. The summed E-state index contributed by atoms with van der Waals surface area (Å²) < 4.78 is 15.7. The summed E-state index contributed by atoms with van der Waals surface area (Å²) in [5, 5.41) is 4.77. The molecule has 1 aromatic heterocycles. The van der Waals surface area contributed by atoms with E-state index in [-0.39, 0.29) is 0 Å². The lowest BCUT2D eigenvalue weighted by Crippen LogP contribution is -1.92. The van der Waals surface area contributed by atoms with Crippen molar-refractivity contribution < 1.29 is 14.0 Å². The van der Waals surface area contributed by atoms with Gasteiger partial charge in [0.25, 0.3) is 0 Å². The van der Waals surface area contributed by atoms with Gasteiger partial charge in [0, 0.05) is 6.07 Å². The highest BCUT2D eigenvalue weighted by atomic mass is 32.2. The smallest absolute Gasteiger partial charge is 0.231 e. The molecule has 0 radical (unpaired) electrons. The highest BCUT2D eigenvalue weighted by Crippen LogP contribution is 2.33. The van der Waals surface area contributed by atoms with Crippen molar-refractivity contribution in [1.29, 1.82) is 0 Å². The molecule has 92 valence electrons. The van der Waals surface area contributed by atoms with Gasteiger partial charge >= 0.3 is 0 Å². The van der Waals surface area contributed by atoms with Crippen molar-refractivity contribution in [1.82, 2.24) is 5.16 Å². The fourth-order valence-electron chi connectivity index (χ4n) is 1.64. The van der Waals surface area contributed by atoms with Gasteiger partial charge in [-0.05, 0) is 30.0 Å². The van der Waals surface area contributed by atoms with E-state index in [1.165, 1.54) is 0 Å². The largest absolute Gasteiger partial charge is 0.454 e. The Bertz CT molecular complexity index is 592. The van der Waals surface area contributed by atoms with Crippen LogP contribution in [0.1, 0.15) is 11.3 Å². The van der Waals surface area contributed by atoms with Crippen molar-refractivity contribution in [2.45, 2.75) is 5.03 Å². The third kappa shape index (κ3) is 2.22. The Morgan fingerprint density at radius 3 is 2.89 bits per heavy atom. The molecular weight excluding hydrogens is 250 g/mol. The third-order valence-electron chi connectivity index (χ3n) is 2.55. The van der Waals surface area contributed by atoms with Crippen LogP contribution in [0.25, 0.3) is 12.2 Å². The fourth-order valence-corrected chi connectivity index (χ4v) is 1.99. The third-order valence-corrected chi connectivity index (χ3v) is 3.16. The normalized spacial score (nSPS) is 13.4. The molecule has 2 aromatic rings. The molecule has 0 unspecified atom stereocenters. The van der Waals surface area contributed by atoms with Crippen molar-refractivity contribution in [3.63, 3.8) is 0 Å². The number of thioether (sulfide) groups is 1. The lowest BCUT2D eigenvalue weighted by molar-refractivity contribution is 0.174. The number of hydrogen-bond acceptors (Lipinski definition) is 5. The van der Waals surface area contributed by atoms with Crippen LogP contribution in [-0.2, 0) is 0 Å². The predicted octanol–water partition coefficient (Wildman–Crippen LogP) is 3.30. The molecule has 0 atom stereocenters. The van der Waals surface area contributed by atoms with Gasteiger partial charge in [0.2, 0.25) is 6.79 Å². The Morgan fingerprint density at radius 2 is 2.06 bits per heavy atom. The first-order valence-electron chi connectivity index (χ1n) is 5.43. The average molecular weight is 261 g/mol. The standard InChI is InChI=1S/C13H11NO3S/c1-18-13-7-10(17-14-13)4-2-9-3-5-11-12(6-9)16-8-15-11/h2-7H,8H2,1H3/b4-2+. The molecule has 0 amide bonds. The summed E-state index contributed by atoms with van der Waals surface area (Å²) in [5.41, 5.74) is 1.03. The van der Waals surface area contributed by atoms with E-state index in [1.807, 2.05) is 42.7 Å². The van der Waals surface area contributed by atoms with Gasteiger partial charge < -0.3 is 14.0 Å². The Balaban J connectivity index is 1.79. The van der Waals surface area contributed by atoms with Crippen LogP contribution in [0.4, 0.5) is 0 Å². The Morgan fingerprint density at radius 1 is 1.17 bits per heavy atom. The summed E-state index contributed by atoms with van der Waals surface area (Å²) in [4.78, 5) is 0. The number of nitrogens with zero attached hydrogens (tertiary/aromatic N) is 1. The topological polar surface area (TPSA) is 44.5 Å². The van der Waals surface area contributed by atoms with Crippen LogP contribution in [-0.4, -0.2) is 18.2 Å². The van der Waals surface area contributed by atoms with Crippen molar-refractivity contribution >= 4 is 23.9 Å². The van der Waals surface area contributed by atoms with Crippen molar-refractivity contribution in [3.8, 4) is 11.5 Å². The number of rotatable bonds is 3. The number of hydrogen-bond donors (Lipinski definition) is 0. The molecule has 4 nitrogen and oxygen atoms in total. The molecular formula is C13H11NO3S. The van der Waals surface area contributed by atoms with Crippen molar-refractivity contribution in [2.75, 3.05) is 13.0 Å². The fraction of sp³-hybridized carbons (Fsp3) is 0.154. The van der Waals surface area contributed by atoms with Gasteiger partial charge in [-0.1, -0.05) is 17.3 Å². The lowest BCUT2D eigenvalue weighted by Gasteiger charge is -1.96. The molecule has 1 aliphatic heterocycles. The van der Waals surface area contributed by atoms with Crippen molar-refractivity contribution in [3.05, 3.63) is 35.6 Å². The molecule has 3 rings (SSSR count). The Hall–Kier alpha value is -1.88. The first kappa shape index (κ1) is 11.2. The van der Waals surface area contributed by atoms with Gasteiger partial charge in [-0.25, -0.2) is 0 Å². The van der Waals surface area contributed by atoms with Crippen LogP contribution in [0.3, 0.4) is 0 Å². The zero-order valence-corrected chi connectivity index (χ0v) is 10.6. The second-order valence-corrected chi connectivity index (χ2v) is 4.54. The van der Waals surface area contributed by atoms with Gasteiger partial charge in [0.15, 0.2) is 17.3 Å². The molecule has 2 heterocycles. The maximum atomic E-state index is 5.32. The molecule has 0 aliphatic carbocycles. The SMILES string of the molecule is CSc1cc(/C=C/c2ccc3c(c2)OCO3)on1. The summed E-state index contributed by atoms with van der Waals surface area (Å²) >= 11 is 1.55. The van der Waals surface area contributed by atoms with Gasteiger partial charge in [-0.15, -0.1) is 11.8 Å². The Labute approximate surface area is 109 Å². The second kappa shape index (κ2) is 4.78. The zero-order chi connectivity index (χ0) is 12.4. The van der Waals surface area contributed by atoms with E-state index in [2.05, 4.69) is 5.16 Å². The van der Waals surface area contributed by atoms with Crippen LogP contribution in [0.5, 0.6) is 11.5 Å². The minimum atomic E-state index is 0.293. The van der Waals surface area contributed by atoms with Gasteiger partial charge in [0.1, 0.15) is 5.03 Å². The monoisotopic (exact) mass is 261 g/mol. The Kier molecular flexibility index (Phi) is 2.98. The van der Waals surface area contributed by atoms with E-state index >= 15 is 0 Å².